The summed E-state index contributed by atoms with van der Waals surface area (Å²) >= 11 is 0. The number of imidazole rings is 1. The zero-order valence-corrected chi connectivity index (χ0v) is 18.5. The summed E-state index contributed by atoms with van der Waals surface area (Å²) in [5.74, 6) is -0.205. The minimum atomic E-state index is -0.647. The molecule has 8 heteroatoms. The first-order chi connectivity index (χ1) is 15.2. The van der Waals surface area contributed by atoms with E-state index in [2.05, 4.69) is 46.4 Å². The van der Waals surface area contributed by atoms with E-state index in [9.17, 15) is 14.7 Å². The third-order valence-electron chi connectivity index (χ3n) is 5.53. The van der Waals surface area contributed by atoms with Gasteiger partial charge in [-0.15, -0.1) is 0 Å². The highest BCUT2D eigenvalue weighted by Crippen LogP contribution is 2.40. The van der Waals surface area contributed by atoms with E-state index in [0.29, 0.717) is 22.1 Å². The van der Waals surface area contributed by atoms with E-state index < -0.39 is 6.04 Å². The lowest BCUT2D eigenvalue weighted by atomic mass is 9.81. The fourth-order valence-corrected chi connectivity index (χ4v) is 4.03. The molecular formula is C24H27N5O3. The molecule has 4 rings (SSSR count). The summed E-state index contributed by atoms with van der Waals surface area (Å²) in [7, 11) is 1.69. The largest absolute Gasteiger partial charge is 0.505 e. The molecule has 0 saturated carbocycles. The minimum Gasteiger partial charge on any atom is -0.505 e. The number of benzene rings is 2. The van der Waals surface area contributed by atoms with Crippen LogP contribution >= 0.6 is 0 Å². The maximum Gasteiger partial charge on any atom is 0.323 e. The highest BCUT2D eigenvalue weighted by atomic mass is 16.3. The van der Waals surface area contributed by atoms with Crippen LogP contribution in [0.2, 0.25) is 0 Å². The van der Waals surface area contributed by atoms with Crippen LogP contribution in [0.3, 0.4) is 0 Å². The molecule has 0 aliphatic rings. The van der Waals surface area contributed by atoms with Crippen LogP contribution in [0, 0.1) is 0 Å². The number of amides is 1. The van der Waals surface area contributed by atoms with Gasteiger partial charge in [-0.3, -0.25) is 9.78 Å². The van der Waals surface area contributed by atoms with Crippen LogP contribution in [0.4, 0.5) is 0 Å². The lowest BCUT2D eigenvalue weighted by Gasteiger charge is -2.27. The number of phenolic OH excluding ortho intramolecular Hbond substituents is 1. The molecule has 8 nitrogen and oxygen atoms in total. The second kappa shape index (κ2) is 8.12. The predicted molar refractivity (Wildman–Crippen MR) is 125 cm³/mol. The molecule has 32 heavy (non-hydrogen) atoms. The van der Waals surface area contributed by atoms with Gasteiger partial charge in [0.1, 0.15) is 11.3 Å². The number of likely N-dealkylation sites (N-methyl/N-ethyl adjacent to an activating group) is 1. The Kier molecular flexibility index (Phi) is 5.48. The molecule has 1 atom stereocenters. The molecule has 0 aliphatic carbocycles. The normalized spacial score (nSPS) is 12.9. The summed E-state index contributed by atoms with van der Waals surface area (Å²) in [5, 5.41) is 18.0. The van der Waals surface area contributed by atoms with Crippen LogP contribution in [-0.2, 0) is 10.2 Å². The van der Waals surface area contributed by atoms with Gasteiger partial charge in [-0.25, -0.2) is 4.79 Å². The van der Waals surface area contributed by atoms with Gasteiger partial charge in [0.05, 0.1) is 23.6 Å². The minimum absolute atomic E-state index is 0.0195. The maximum atomic E-state index is 12.6. The Morgan fingerprint density at radius 3 is 2.62 bits per heavy atom. The topological polar surface area (TPSA) is 123 Å². The molecule has 0 radical (unpaired) electrons. The Morgan fingerprint density at radius 1 is 1.16 bits per heavy atom. The number of pyridine rings is 1. The number of carbonyl (C=O) groups excluding carboxylic acids is 1. The fourth-order valence-electron chi connectivity index (χ4n) is 4.03. The van der Waals surface area contributed by atoms with Gasteiger partial charge in [0.2, 0.25) is 5.91 Å². The molecule has 0 aliphatic heterocycles. The summed E-state index contributed by atoms with van der Waals surface area (Å²) in [6.07, 6.45) is 1.64. The molecule has 2 aromatic carbocycles. The van der Waals surface area contributed by atoms with Crippen LogP contribution in [-0.4, -0.2) is 39.6 Å². The molecular weight excluding hydrogens is 406 g/mol. The van der Waals surface area contributed by atoms with E-state index >= 15 is 0 Å². The number of carbonyl (C=O) groups is 1. The van der Waals surface area contributed by atoms with Gasteiger partial charge in [-0.2, -0.15) is 0 Å². The van der Waals surface area contributed by atoms with Crippen molar-refractivity contribution in [1.29, 1.82) is 0 Å². The molecule has 1 amide bonds. The number of aromatic hydroxyl groups is 1. The van der Waals surface area contributed by atoms with Crippen molar-refractivity contribution in [3.63, 3.8) is 0 Å². The van der Waals surface area contributed by atoms with E-state index in [1.165, 1.54) is 0 Å². The second-order valence-electron chi connectivity index (χ2n) is 8.93. The van der Waals surface area contributed by atoms with Crippen molar-refractivity contribution < 1.29 is 9.90 Å². The van der Waals surface area contributed by atoms with Crippen LogP contribution in [0.5, 0.6) is 5.75 Å². The van der Waals surface area contributed by atoms with E-state index in [1.54, 1.807) is 25.4 Å². The summed E-state index contributed by atoms with van der Waals surface area (Å²) in [6, 6.07) is 10.5. The van der Waals surface area contributed by atoms with Crippen LogP contribution in [0.25, 0.3) is 21.9 Å². The molecule has 0 spiro atoms. The molecule has 0 saturated heterocycles. The van der Waals surface area contributed by atoms with E-state index in [0.717, 1.165) is 16.5 Å². The quantitative estimate of drug-likeness (QED) is 0.331. The lowest BCUT2D eigenvalue weighted by Crippen LogP contribution is -2.35. The smallest absolute Gasteiger partial charge is 0.323 e. The molecule has 5 N–H and O–H groups in total. The van der Waals surface area contributed by atoms with Crippen molar-refractivity contribution in [2.45, 2.75) is 32.2 Å². The van der Waals surface area contributed by atoms with Gasteiger partial charge in [0.25, 0.3) is 0 Å². The van der Waals surface area contributed by atoms with Crippen LogP contribution in [0.1, 0.15) is 43.5 Å². The first kappa shape index (κ1) is 21.6. The number of rotatable bonds is 5. The zero-order valence-electron chi connectivity index (χ0n) is 18.5. The highest BCUT2D eigenvalue weighted by molar-refractivity contribution is 5.90. The standard InChI is InChI=1S/C24H27N5O3/c1-24(2,3)16-11-15(22(31)21-14(16)6-5-9-26-21)20(29-19(30)12-25-4)13-7-8-17-18(10-13)28-23(32)27-17/h5-11,20,25,31H,12H2,1-4H3,(H,29,30)(H2,27,28,32). The Bertz CT molecular complexity index is 1360. The number of hydrogen-bond acceptors (Lipinski definition) is 5. The molecule has 0 fully saturated rings. The van der Waals surface area contributed by atoms with E-state index in [1.807, 2.05) is 24.3 Å². The number of aromatic nitrogens is 3. The summed E-state index contributed by atoms with van der Waals surface area (Å²) in [6.45, 7) is 6.42. The monoisotopic (exact) mass is 433 g/mol. The Hall–Kier alpha value is -3.65. The number of nitrogens with one attached hydrogen (secondary N) is 4. The van der Waals surface area contributed by atoms with Gasteiger partial charge in [0, 0.05) is 17.1 Å². The number of hydrogen-bond donors (Lipinski definition) is 5. The third-order valence-corrected chi connectivity index (χ3v) is 5.53. The highest BCUT2D eigenvalue weighted by Gasteiger charge is 2.27. The SMILES string of the molecule is CNCC(=O)NC(c1ccc2[nH]c(=O)[nH]c2c1)c1cc(C(C)(C)C)c2cccnc2c1O. The number of fused-ring (bicyclic) bond motifs is 2. The van der Waals surface area contributed by atoms with Gasteiger partial charge in [-0.1, -0.05) is 32.9 Å². The average Bonchev–Trinajstić information content (AvgIpc) is 3.11. The first-order valence-electron chi connectivity index (χ1n) is 10.5. The van der Waals surface area contributed by atoms with Gasteiger partial charge in [-0.05, 0) is 47.9 Å². The molecule has 166 valence electrons. The van der Waals surface area contributed by atoms with Crippen molar-refractivity contribution in [1.82, 2.24) is 25.6 Å². The van der Waals surface area contributed by atoms with Crippen molar-refractivity contribution in [2.24, 2.45) is 0 Å². The van der Waals surface area contributed by atoms with E-state index in [-0.39, 0.29) is 29.3 Å². The average molecular weight is 434 g/mol. The Balaban J connectivity index is 1.97. The van der Waals surface area contributed by atoms with Crippen LogP contribution in [0.15, 0.2) is 47.4 Å². The Labute approximate surface area is 185 Å². The molecule has 0 bridgehead atoms. The zero-order chi connectivity index (χ0) is 23.0. The Morgan fingerprint density at radius 2 is 1.91 bits per heavy atom. The summed E-state index contributed by atoms with van der Waals surface area (Å²) in [4.78, 5) is 34.2. The fraction of sp³-hybridized carbons (Fsp3) is 0.292. The number of aromatic amines is 2. The molecule has 4 aromatic rings. The predicted octanol–water partition coefficient (Wildman–Crippen LogP) is 2.83. The van der Waals surface area contributed by atoms with Crippen molar-refractivity contribution in [2.75, 3.05) is 13.6 Å². The molecule has 2 heterocycles. The number of nitrogens with zero attached hydrogens (tertiary/aromatic N) is 1. The lowest BCUT2D eigenvalue weighted by molar-refractivity contribution is -0.120. The third kappa shape index (κ3) is 3.97. The van der Waals surface area contributed by atoms with Crippen molar-refractivity contribution in [3.8, 4) is 5.75 Å². The van der Waals surface area contributed by atoms with Crippen molar-refractivity contribution in [3.05, 3.63) is 69.8 Å². The first-order valence-corrected chi connectivity index (χ1v) is 10.5. The second-order valence-corrected chi connectivity index (χ2v) is 8.93. The number of phenols is 1. The van der Waals surface area contributed by atoms with E-state index in [4.69, 9.17) is 0 Å². The number of H-pyrrole nitrogens is 2. The van der Waals surface area contributed by atoms with Crippen molar-refractivity contribution >= 4 is 27.8 Å². The summed E-state index contributed by atoms with van der Waals surface area (Å²) < 4.78 is 0. The van der Waals surface area contributed by atoms with Gasteiger partial charge >= 0.3 is 5.69 Å². The maximum absolute atomic E-state index is 12.6. The molecule has 1 unspecified atom stereocenters. The van der Waals surface area contributed by atoms with Crippen LogP contribution < -0.4 is 16.3 Å². The van der Waals surface area contributed by atoms with Gasteiger partial charge in [0.15, 0.2) is 0 Å². The summed E-state index contributed by atoms with van der Waals surface area (Å²) in [5.41, 5.74) is 3.52. The van der Waals surface area contributed by atoms with Gasteiger partial charge < -0.3 is 25.7 Å². The molecule has 2 aromatic heterocycles.